The van der Waals surface area contributed by atoms with Crippen molar-refractivity contribution >= 4 is 38.9 Å². The molecule has 154 valence electrons. The van der Waals surface area contributed by atoms with Gasteiger partial charge in [0, 0.05) is 43.5 Å². The van der Waals surface area contributed by atoms with Crippen molar-refractivity contribution in [3.8, 4) is 0 Å². The van der Waals surface area contributed by atoms with Crippen molar-refractivity contribution in [2.45, 2.75) is 22.8 Å². The van der Waals surface area contributed by atoms with Crippen molar-refractivity contribution in [2.75, 3.05) is 37.7 Å². The van der Waals surface area contributed by atoms with Crippen molar-refractivity contribution in [1.82, 2.24) is 5.32 Å². The van der Waals surface area contributed by atoms with E-state index in [9.17, 15) is 8.42 Å². The van der Waals surface area contributed by atoms with Crippen molar-refractivity contribution in [2.24, 2.45) is 0 Å². The summed E-state index contributed by atoms with van der Waals surface area (Å²) in [5.74, 6) is 0.956. The Labute approximate surface area is 176 Å². The second kappa shape index (κ2) is 7.99. The summed E-state index contributed by atoms with van der Waals surface area (Å²) in [4.78, 5) is 2.78. The second-order valence-electron chi connectivity index (χ2n) is 7.17. The van der Waals surface area contributed by atoms with Gasteiger partial charge in [-0.15, -0.1) is 12.4 Å². The van der Waals surface area contributed by atoms with E-state index in [0.717, 1.165) is 40.9 Å². The van der Waals surface area contributed by atoms with Crippen LogP contribution < -0.4 is 10.2 Å². The van der Waals surface area contributed by atoms with E-state index in [1.807, 2.05) is 6.07 Å². The third kappa shape index (κ3) is 3.53. The molecular formula is C21H23ClN2O4S. The number of rotatable bonds is 3. The smallest absolute Gasteiger partial charge is 0.206 e. The van der Waals surface area contributed by atoms with Gasteiger partial charge in [-0.3, -0.25) is 0 Å². The van der Waals surface area contributed by atoms with Gasteiger partial charge in [-0.1, -0.05) is 18.2 Å². The summed E-state index contributed by atoms with van der Waals surface area (Å²) in [5.41, 5.74) is 2.69. The van der Waals surface area contributed by atoms with Gasteiger partial charge < -0.3 is 19.4 Å². The van der Waals surface area contributed by atoms with E-state index in [1.54, 1.807) is 36.4 Å². The van der Waals surface area contributed by atoms with E-state index in [1.165, 1.54) is 0 Å². The molecule has 2 aliphatic heterocycles. The Morgan fingerprint density at radius 2 is 1.76 bits per heavy atom. The number of fused-ring (bicyclic) bond motifs is 3. The van der Waals surface area contributed by atoms with E-state index in [2.05, 4.69) is 10.2 Å². The number of hydrogen-bond donors (Lipinski definition) is 1. The molecule has 3 heterocycles. The molecule has 0 unspecified atom stereocenters. The van der Waals surface area contributed by atoms with Gasteiger partial charge in [0.2, 0.25) is 9.84 Å². The quantitative estimate of drug-likeness (QED) is 0.682. The average Bonchev–Trinajstić information content (AvgIpc) is 3.13. The predicted molar refractivity (Wildman–Crippen MR) is 114 cm³/mol. The molecule has 5 rings (SSSR count). The van der Waals surface area contributed by atoms with Crippen LogP contribution in [0.1, 0.15) is 11.3 Å². The molecule has 1 N–H and O–H groups in total. The molecule has 3 aromatic rings. The standard InChI is InChI=1S/C21H22N2O4S.ClH/c24-28(25,15-4-2-1-3-5-15)16-12-17-18-14-22-7-6-20(18)27-21(17)19(13-16)23-8-10-26-11-9-23;/h1-5,12-13,22H,6-11,14H2;1H. The molecule has 8 heteroatoms. The summed E-state index contributed by atoms with van der Waals surface area (Å²) in [6, 6.07) is 12.1. The van der Waals surface area contributed by atoms with Crippen LogP contribution in [0.15, 0.2) is 56.7 Å². The van der Waals surface area contributed by atoms with Crippen LogP contribution in [0.25, 0.3) is 11.0 Å². The Morgan fingerprint density at radius 1 is 1.00 bits per heavy atom. The number of nitrogens with one attached hydrogen (secondary N) is 1. The molecule has 1 fully saturated rings. The third-order valence-electron chi connectivity index (χ3n) is 5.48. The number of furan rings is 1. The monoisotopic (exact) mass is 434 g/mol. The van der Waals surface area contributed by atoms with Gasteiger partial charge in [0.05, 0.1) is 28.7 Å². The highest BCUT2D eigenvalue weighted by molar-refractivity contribution is 7.91. The number of morpholine rings is 1. The van der Waals surface area contributed by atoms with Gasteiger partial charge in [-0.25, -0.2) is 8.42 Å². The van der Waals surface area contributed by atoms with Crippen molar-refractivity contribution in [3.05, 3.63) is 53.8 Å². The summed E-state index contributed by atoms with van der Waals surface area (Å²) in [6.07, 6.45) is 0.813. The first-order valence-corrected chi connectivity index (χ1v) is 11.0. The number of halogens is 1. The Bertz CT molecular complexity index is 1120. The number of nitrogens with zero attached hydrogens (tertiary/aromatic N) is 1. The Morgan fingerprint density at radius 3 is 2.52 bits per heavy atom. The van der Waals surface area contributed by atoms with Crippen LogP contribution in [0, 0.1) is 0 Å². The summed E-state index contributed by atoms with van der Waals surface area (Å²) < 4.78 is 38.3. The van der Waals surface area contributed by atoms with E-state index < -0.39 is 9.84 Å². The molecule has 0 radical (unpaired) electrons. The lowest BCUT2D eigenvalue weighted by Crippen LogP contribution is -2.36. The minimum atomic E-state index is -3.62. The molecule has 29 heavy (non-hydrogen) atoms. The number of benzene rings is 2. The summed E-state index contributed by atoms with van der Waals surface area (Å²) in [7, 11) is -3.62. The fourth-order valence-corrected chi connectivity index (χ4v) is 5.32. The molecule has 2 aromatic carbocycles. The molecule has 0 saturated carbocycles. The van der Waals surface area contributed by atoms with Crippen LogP contribution in [-0.4, -0.2) is 41.3 Å². The minimum absolute atomic E-state index is 0. The summed E-state index contributed by atoms with van der Waals surface area (Å²) >= 11 is 0. The molecule has 6 nitrogen and oxygen atoms in total. The van der Waals surface area contributed by atoms with Gasteiger partial charge >= 0.3 is 0 Å². The molecule has 0 bridgehead atoms. The highest BCUT2D eigenvalue weighted by Crippen LogP contribution is 2.38. The summed E-state index contributed by atoms with van der Waals surface area (Å²) in [5, 5.41) is 4.25. The lowest BCUT2D eigenvalue weighted by molar-refractivity contribution is 0.122. The molecule has 0 atom stereocenters. The number of ether oxygens (including phenoxy) is 1. The number of anilines is 1. The number of sulfone groups is 1. The fraction of sp³-hybridized carbons (Fsp3) is 0.333. The molecule has 1 saturated heterocycles. The van der Waals surface area contributed by atoms with E-state index >= 15 is 0 Å². The zero-order valence-electron chi connectivity index (χ0n) is 15.9. The number of hydrogen-bond acceptors (Lipinski definition) is 6. The average molecular weight is 435 g/mol. The van der Waals surface area contributed by atoms with Crippen molar-refractivity contribution in [1.29, 1.82) is 0 Å². The molecule has 0 spiro atoms. The predicted octanol–water partition coefficient (Wildman–Crippen LogP) is 3.17. The summed E-state index contributed by atoms with van der Waals surface area (Å²) in [6.45, 7) is 4.24. The first-order valence-electron chi connectivity index (χ1n) is 9.56. The van der Waals surface area contributed by atoms with Gasteiger partial charge in [0.1, 0.15) is 5.76 Å². The normalized spacial score (nSPS) is 17.0. The molecule has 0 aliphatic carbocycles. The van der Waals surface area contributed by atoms with E-state index in [0.29, 0.717) is 42.6 Å². The second-order valence-corrected chi connectivity index (χ2v) is 9.12. The first-order chi connectivity index (χ1) is 13.6. The van der Waals surface area contributed by atoms with Crippen LogP contribution >= 0.6 is 12.4 Å². The van der Waals surface area contributed by atoms with Gasteiger partial charge in [-0.05, 0) is 24.3 Å². The lowest BCUT2D eigenvalue weighted by Gasteiger charge is -2.29. The topological polar surface area (TPSA) is 71.8 Å². The Kier molecular flexibility index (Phi) is 5.57. The van der Waals surface area contributed by atoms with Crippen LogP contribution in [0.3, 0.4) is 0 Å². The largest absolute Gasteiger partial charge is 0.458 e. The van der Waals surface area contributed by atoms with Gasteiger partial charge in [0.25, 0.3) is 0 Å². The zero-order chi connectivity index (χ0) is 19.1. The van der Waals surface area contributed by atoms with Crippen LogP contribution in [0.4, 0.5) is 5.69 Å². The maximum Gasteiger partial charge on any atom is 0.206 e. The zero-order valence-corrected chi connectivity index (χ0v) is 17.5. The third-order valence-corrected chi connectivity index (χ3v) is 7.23. The fourth-order valence-electron chi connectivity index (χ4n) is 4.00. The maximum atomic E-state index is 13.3. The van der Waals surface area contributed by atoms with Crippen molar-refractivity contribution in [3.63, 3.8) is 0 Å². The maximum absolute atomic E-state index is 13.3. The Hall–Kier alpha value is -2.06. The van der Waals surface area contributed by atoms with Gasteiger partial charge in [0.15, 0.2) is 5.58 Å². The van der Waals surface area contributed by atoms with Crippen LogP contribution in [0.2, 0.25) is 0 Å². The van der Waals surface area contributed by atoms with Crippen LogP contribution in [-0.2, 0) is 27.5 Å². The van der Waals surface area contributed by atoms with E-state index in [-0.39, 0.29) is 12.4 Å². The molecule has 0 amide bonds. The molecule has 1 aromatic heterocycles. The Balaban J connectivity index is 0.00000205. The van der Waals surface area contributed by atoms with Gasteiger partial charge in [-0.2, -0.15) is 0 Å². The lowest BCUT2D eigenvalue weighted by atomic mass is 10.1. The van der Waals surface area contributed by atoms with E-state index in [4.69, 9.17) is 9.15 Å². The highest BCUT2D eigenvalue weighted by atomic mass is 35.5. The van der Waals surface area contributed by atoms with Crippen LogP contribution in [0.5, 0.6) is 0 Å². The SMILES string of the molecule is Cl.O=S(=O)(c1ccccc1)c1cc(N2CCOCC2)c2oc3c(c2c1)CNCC3. The van der Waals surface area contributed by atoms with Crippen molar-refractivity contribution < 1.29 is 17.6 Å². The molecular weight excluding hydrogens is 412 g/mol. The minimum Gasteiger partial charge on any atom is -0.458 e. The first kappa shape index (κ1) is 20.2. The molecule has 2 aliphatic rings. The highest BCUT2D eigenvalue weighted by Gasteiger charge is 2.27.